The monoisotopic (exact) mass is 466 g/mol. The van der Waals surface area contributed by atoms with Crippen molar-refractivity contribution in [3.8, 4) is 11.5 Å². The van der Waals surface area contributed by atoms with Crippen LogP contribution in [0.25, 0.3) is 0 Å². The number of rotatable bonds is 10. The number of non-ortho nitro benzene ring substituents is 1. The summed E-state index contributed by atoms with van der Waals surface area (Å²) in [5.74, 6) is 0.342. The predicted octanol–water partition coefficient (Wildman–Crippen LogP) is 5.24. The van der Waals surface area contributed by atoms with Gasteiger partial charge < -0.3 is 8.92 Å². The first-order chi connectivity index (χ1) is 15.8. The van der Waals surface area contributed by atoms with Crippen molar-refractivity contribution in [3.05, 3.63) is 101 Å². The first kappa shape index (κ1) is 23.7. The number of hydrogen-bond acceptors (Lipinski definition) is 7. The second kappa shape index (κ2) is 10.6. The maximum Gasteiger partial charge on any atom is 0.339 e. The Hall–Kier alpha value is -3.98. The van der Waals surface area contributed by atoms with Gasteiger partial charge in [0.05, 0.1) is 17.2 Å². The summed E-state index contributed by atoms with van der Waals surface area (Å²) in [5, 5.41) is 10.8. The molecule has 0 amide bonds. The summed E-state index contributed by atoms with van der Waals surface area (Å²) in [4.78, 5) is 14.7. The maximum absolute atomic E-state index is 12.8. The third-order valence-corrected chi connectivity index (χ3v) is 5.70. The van der Waals surface area contributed by atoms with E-state index < -0.39 is 15.0 Å². The smallest absolute Gasteiger partial charge is 0.339 e. The Bertz CT molecular complexity index is 1270. The summed E-state index contributed by atoms with van der Waals surface area (Å²) in [6.45, 7) is 5.81. The van der Waals surface area contributed by atoms with Crippen LogP contribution in [0.2, 0.25) is 0 Å². The normalized spacial score (nSPS) is 11.3. The summed E-state index contributed by atoms with van der Waals surface area (Å²) in [5.41, 5.74) is 1.69. The van der Waals surface area contributed by atoms with Gasteiger partial charge >= 0.3 is 10.1 Å². The Labute approximate surface area is 192 Å². The molecule has 0 aromatic heterocycles. The van der Waals surface area contributed by atoms with E-state index >= 15 is 0 Å². The van der Waals surface area contributed by atoms with Crippen LogP contribution in [0.15, 0.2) is 89.3 Å². The number of nitro groups is 1. The molecule has 9 heteroatoms. The van der Waals surface area contributed by atoms with E-state index in [-0.39, 0.29) is 28.7 Å². The number of nitro benzene ring substituents is 1. The average molecular weight is 467 g/mol. The molecule has 33 heavy (non-hydrogen) atoms. The highest BCUT2D eigenvalue weighted by Gasteiger charge is 2.22. The van der Waals surface area contributed by atoms with Crippen LogP contribution >= 0.6 is 0 Å². The molecule has 0 aliphatic rings. The number of allylic oxidation sites excluding steroid dienone is 1. The second-order valence-electron chi connectivity index (χ2n) is 6.82. The van der Waals surface area contributed by atoms with Gasteiger partial charge in [0.1, 0.15) is 4.90 Å². The summed E-state index contributed by atoms with van der Waals surface area (Å²) < 4.78 is 36.8. The van der Waals surface area contributed by atoms with Crippen molar-refractivity contribution >= 4 is 27.7 Å². The van der Waals surface area contributed by atoms with E-state index in [1.54, 1.807) is 49.5 Å². The molecule has 0 spiro atoms. The van der Waals surface area contributed by atoms with Gasteiger partial charge in [0.25, 0.3) is 5.69 Å². The molecule has 0 saturated carbocycles. The minimum absolute atomic E-state index is 0.0259. The SMILES string of the molecule is C=CCc1cc(C=Nc2ccc([N+](=O)[O-])cc2)cc(OCC)c1OS(=O)(=O)c1ccccc1. The predicted molar refractivity (Wildman–Crippen MR) is 126 cm³/mol. The van der Waals surface area contributed by atoms with Crippen LogP contribution in [-0.4, -0.2) is 26.2 Å². The van der Waals surface area contributed by atoms with Crippen LogP contribution in [-0.2, 0) is 16.5 Å². The molecule has 170 valence electrons. The standard InChI is InChI=1S/C24H22N2O6S/c1-3-8-19-15-18(17-25-20-11-13-21(14-12-20)26(27)28)16-23(31-4-2)24(19)32-33(29,30)22-9-6-5-7-10-22/h3,5-7,9-17H,1,4,8H2,2H3. The van der Waals surface area contributed by atoms with Crippen molar-refractivity contribution in [1.29, 1.82) is 0 Å². The lowest BCUT2D eigenvalue weighted by Crippen LogP contribution is -2.12. The fraction of sp³-hybridized carbons (Fsp3) is 0.125. The maximum atomic E-state index is 12.8. The van der Waals surface area contributed by atoms with Crippen molar-refractivity contribution in [1.82, 2.24) is 0 Å². The van der Waals surface area contributed by atoms with Crippen LogP contribution < -0.4 is 8.92 Å². The Morgan fingerprint density at radius 2 is 1.79 bits per heavy atom. The van der Waals surface area contributed by atoms with Crippen molar-refractivity contribution < 1.29 is 22.3 Å². The lowest BCUT2D eigenvalue weighted by molar-refractivity contribution is -0.384. The van der Waals surface area contributed by atoms with Crippen LogP contribution in [0, 0.1) is 10.1 Å². The van der Waals surface area contributed by atoms with Gasteiger partial charge in [-0.1, -0.05) is 24.3 Å². The van der Waals surface area contributed by atoms with Gasteiger partial charge in [-0.3, -0.25) is 15.1 Å². The Morgan fingerprint density at radius 1 is 1.09 bits per heavy atom. The first-order valence-corrected chi connectivity index (χ1v) is 11.4. The van der Waals surface area contributed by atoms with Gasteiger partial charge in [-0.05, 0) is 55.3 Å². The highest BCUT2D eigenvalue weighted by atomic mass is 32.2. The minimum atomic E-state index is -4.08. The zero-order chi connectivity index (χ0) is 23.8. The van der Waals surface area contributed by atoms with Crippen molar-refractivity contribution in [2.75, 3.05) is 6.61 Å². The molecule has 0 radical (unpaired) electrons. The highest BCUT2D eigenvalue weighted by molar-refractivity contribution is 7.87. The van der Waals surface area contributed by atoms with Crippen LogP contribution in [0.1, 0.15) is 18.1 Å². The largest absolute Gasteiger partial charge is 0.490 e. The van der Waals surface area contributed by atoms with E-state index in [0.717, 1.165) is 0 Å². The number of benzene rings is 3. The molecule has 8 nitrogen and oxygen atoms in total. The van der Waals surface area contributed by atoms with Crippen LogP contribution in [0.5, 0.6) is 11.5 Å². The van der Waals surface area contributed by atoms with E-state index in [0.29, 0.717) is 23.2 Å². The minimum Gasteiger partial charge on any atom is -0.490 e. The first-order valence-electron chi connectivity index (χ1n) is 10.0. The molecule has 0 fully saturated rings. The topological polar surface area (TPSA) is 108 Å². The Kier molecular flexibility index (Phi) is 7.57. The van der Waals surface area contributed by atoms with Crippen LogP contribution in [0.4, 0.5) is 11.4 Å². The molecule has 0 N–H and O–H groups in total. The van der Waals surface area contributed by atoms with E-state index in [1.165, 1.54) is 36.4 Å². The Balaban J connectivity index is 1.99. The van der Waals surface area contributed by atoms with Gasteiger partial charge in [0, 0.05) is 23.9 Å². The van der Waals surface area contributed by atoms with E-state index in [1.807, 2.05) is 0 Å². The summed E-state index contributed by atoms with van der Waals surface area (Å²) in [6.07, 6.45) is 3.52. The van der Waals surface area contributed by atoms with Crippen molar-refractivity contribution in [2.24, 2.45) is 4.99 Å². The van der Waals surface area contributed by atoms with Gasteiger partial charge in [-0.15, -0.1) is 6.58 Å². The van der Waals surface area contributed by atoms with Gasteiger partial charge in [0.15, 0.2) is 11.5 Å². The molecule has 0 heterocycles. The highest BCUT2D eigenvalue weighted by Crippen LogP contribution is 2.36. The molecule has 0 bridgehead atoms. The molecule has 3 aromatic carbocycles. The quantitative estimate of drug-likeness (QED) is 0.133. The number of ether oxygens (including phenoxy) is 1. The van der Waals surface area contributed by atoms with Crippen molar-refractivity contribution in [2.45, 2.75) is 18.2 Å². The van der Waals surface area contributed by atoms with E-state index in [4.69, 9.17) is 8.92 Å². The molecular weight excluding hydrogens is 444 g/mol. The zero-order valence-corrected chi connectivity index (χ0v) is 18.7. The third kappa shape index (κ3) is 6.05. The van der Waals surface area contributed by atoms with Gasteiger partial charge in [-0.2, -0.15) is 8.42 Å². The van der Waals surface area contributed by atoms with E-state index in [2.05, 4.69) is 11.6 Å². The lowest BCUT2D eigenvalue weighted by atomic mass is 10.1. The average Bonchev–Trinajstić information content (AvgIpc) is 2.81. The molecular formula is C24H22N2O6S. The molecule has 0 saturated heterocycles. The van der Waals surface area contributed by atoms with Gasteiger partial charge in [0.2, 0.25) is 0 Å². The molecule has 0 atom stereocenters. The molecule has 0 aliphatic carbocycles. The zero-order valence-electron chi connectivity index (χ0n) is 17.9. The lowest BCUT2D eigenvalue weighted by Gasteiger charge is -2.16. The number of hydrogen-bond donors (Lipinski definition) is 0. The fourth-order valence-electron chi connectivity index (χ4n) is 2.98. The molecule has 3 rings (SSSR count). The van der Waals surface area contributed by atoms with Crippen LogP contribution in [0.3, 0.4) is 0 Å². The molecule has 0 unspecified atom stereocenters. The molecule has 0 aliphatic heterocycles. The van der Waals surface area contributed by atoms with E-state index in [9.17, 15) is 18.5 Å². The number of nitrogens with zero attached hydrogens (tertiary/aromatic N) is 2. The third-order valence-electron chi connectivity index (χ3n) is 4.47. The van der Waals surface area contributed by atoms with Crippen molar-refractivity contribution in [3.63, 3.8) is 0 Å². The molecule has 3 aromatic rings. The summed E-state index contributed by atoms with van der Waals surface area (Å²) in [7, 11) is -4.08. The Morgan fingerprint density at radius 3 is 2.39 bits per heavy atom. The fourth-order valence-corrected chi connectivity index (χ4v) is 3.97. The van der Waals surface area contributed by atoms with Gasteiger partial charge in [-0.25, -0.2) is 0 Å². The number of aliphatic imine (C=N–C) groups is 1. The summed E-state index contributed by atoms with van der Waals surface area (Å²) >= 11 is 0. The summed E-state index contributed by atoms with van der Waals surface area (Å²) in [6, 6.07) is 17.0. The second-order valence-corrected chi connectivity index (χ2v) is 8.36.